The van der Waals surface area contributed by atoms with Gasteiger partial charge in [0.1, 0.15) is 0 Å². The van der Waals surface area contributed by atoms with Gasteiger partial charge in [-0.3, -0.25) is 9.59 Å². The van der Waals surface area contributed by atoms with Crippen LogP contribution in [-0.2, 0) is 15.0 Å². The van der Waals surface area contributed by atoms with Crippen molar-refractivity contribution in [1.82, 2.24) is 10.2 Å². The fourth-order valence-corrected chi connectivity index (χ4v) is 3.14. The molecule has 1 saturated heterocycles. The van der Waals surface area contributed by atoms with Crippen LogP contribution in [0.25, 0.3) is 0 Å². The molecular weight excluding hydrogens is 314 g/mol. The standard InChI is InChI=1S/C20H27N3O2/c1-14(2)18(24)22-17-9-6-10-23(13-17)19(25)20(3,4)16-8-5-7-15(11-16)12-21/h5,7-8,11,14,17H,6,9-10,13H2,1-4H3,(H,22,24). The minimum Gasteiger partial charge on any atom is -0.351 e. The van der Waals surface area contributed by atoms with Crippen molar-refractivity contribution >= 4 is 11.8 Å². The Hall–Kier alpha value is -2.35. The number of benzene rings is 1. The quantitative estimate of drug-likeness (QED) is 0.915. The Balaban J connectivity index is 2.12. The van der Waals surface area contributed by atoms with Crippen molar-refractivity contribution < 1.29 is 9.59 Å². The summed E-state index contributed by atoms with van der Waals surface area (Å²) < 4.78 is 0. The van der Waals surface area contributed by atoms with Crippen LogP contribution >= 0.6 is 0 Å². The van der Waals surface area contributed by atoms with Crippen LogP contribution in [-0.4, -0.2) is 35.8 Å². The normalized spacial score (nSPS) is 17.9. The van der Waals surface area contributed by atoms with Crippen LogP contribution in [0.3, 0.4) is 0 Å². The number of hydrogen-bond donors (Lipinski definition) is 1. The zero-order valence-corrected chi connectivity index (χ0v) is 15.5. The van der Waals surface area contributed by atoms with Crippen molar-refractivity contribution in [2.45, 2.75) is 52.0 Å². The van der Waals surface area contributed by atoms with E-state index in [2.05, 4.69) is 11.4 Å². The lowest BCUT2D eigenvalue weighted by Gasteiger charge is -2.38. The lowest BCUT2D eigenvalue weighted by atomic mass is 9.82. The SMILES string of the molecule is CC(C)C(=O)NC1CCCN(C(=O)C(C)(C)c2cccc(C#N)c2)C1. The van der Waals surface area contributed by atoms with Gasteiger partial charge >= 0.3 is 0 Å². The second-order valence-electron chi connectivity index (χ2n) is 7.57. The molecule has 2 rings (SSSR count). The van der Waals surface area contributed by atoms with Gasteiger partial charge in [-0.1, -0.05) is 26.0 Å². The monoisotopic (exact) mass is 341 g/mol. The van der Waals surface area contributed by atoms with Gasteiger partial charge in [0.2, 0.25) is 11.8 Å². The van der Waals surface area contributed by atoms with E-state index in [1.54, 1.807) is 12.1 Å². The molecule has 1 aromatic carbocycles. The van der Waals surface area contributed by atoms with Gasteiger partial charge in [0, 0.05) is 25.0 Å². The number of hydrogen-bond acceptors (Lipinski definition) is 3. The number of carbonyl (C=O) groups is 2. The Morgan fingerprint density at radius 1 is 1.36 bits per heavy atom. The predicted octanol–water partition coefficient (Wildman–Crippen LogP) is 2.60. The molecular formula is C20H27N3O2. The summed E-state index contributed by atoms with van der Waals surface area (Å²) >= 11 is 0. The van der Waals surface area contributed by atoms with Crippen molar-refractivity contribution in [3.05, 3.63) is 35.4 Å². The Morgan fingerprint density at radius 2 is 2.08 bits per heavy atom. The summed E-state index contributed by atoms with van der Waals surface area (Å²) in [6, 6.07) is 9.35. The molecule has 1 aromatic rings. The number of carbonyl (C=O) groups excluding carboxylic acids is 2. The maximum atomic E-state index is 13.1. The molecule has 1 aliphatic heterocycles. The highest BCUT2D eigenvalue weighted by Crippen LogP contribution is 2.28. The number of rotatable bonds is 4. The van der Waals surface area contributed by atoms with Crippen molar-refractivity contribution in [3.8, 4) is 6.07 Å². The van der Waals surface area contributed by atoms with E-state index in [-0.39, 0.29) is 23.8 Å². The van der Waals surface area contributed by atoms with Gasteiger partial charge < -0.3 is 10.2 Å². The Kier molecular flexibility index (Phi) is 5.84. The summed E-state index contributed by atoms with van der Waals surface area (Å²) in [6.07, 6.45) is 1.77. The molecule has 1 atom stereocenters. The van der Waals surface area contributed by atoms with E-state index < -0.39 is 5.41 Å². The maximum absolute atomic E-state index is 13.1. The number of piperidine rings is 1. The van der Waals surface area contributed by atoms with Crippen LogP contribution in [0, 0.1) is 17.2 Å². The summed E-state index contributed by atoms with van der Waals surface area (Å²) in [7, 11) is 0. The van der Waals surface area contributed by atoms with E-state index in [4.69, 9.17) is 5.26 Å². The summed E-state index contributed by atoms with van der Waals surface area (Å²) in [4.78, 5) is 26.9. The average Bonchev–Trinajstić information content (AvgIpc) is 2.61. The molecule has 0 radical (unpaired) electrons. The zero-order chi connectivity index (χ0) is 18.6. The Bertz CT molecular complexity index is 688. The number of nitriles is 1. The molecule has 2 amide bonds. The van der Waals surface area contributed by atoms with Gasteiger partial charge in [0.15, 0.2) is 0 Å². The van der Waals surface area contributed by atoms with E-state index in [9.17, 15) is 9.59 Å². The third-order valence-corrected chi connectivity index (χ3v) is 4.83. The van der Waals surface area contributed by atoms with Gasteiger partial charge in [0.05, 0.1) is 17.0 Å². The third kappa shape index (κ3) is 4.39. The molecule has 5 nitrogen and oxygen atoms in total. The van der Waals surface area contributed by atoms with Gasteiger partial charge in [-0.15, -0.1) is 0 Å². The Morgan fingerprint density at radius 3 is 2.72 bits per heavy atom. The first-order valence-corrected chi connectivity index (χ1v) is 8.86. The lowest BCUT2D eigenvalue weighted by Crippen LogP contribution is -2.53. The topological polar surface area (TPSA) is 73.2 Å². The molecule has 0 bridgehead atoms. The zero-order valence-electron chi connectivity index (χ0n) is 15.5. The van der Waals surface area contributed by atoms with Gasteiger partial charge in [-0.05, 0) is 44.4 Å². The van der Waals surface area contributed by atoms with Crippen molar-refractivity contribution in [2.75, 3.05) is 13.1 Å². The second-order valence-corrected chi connectivity index (χ2v) is 7.57. The van der Waals surface area contributed by atoms with Crippen molar-refractivity contribution in [1.29, 1.82) is 5.26 Å². The fourth-order valence-electron chi connectivity index (χ4n) is 3.14. The highest BCUT2D eigenvalue weighted by Gasteiger charge is 2.36. The van der Waals surface area contributed by atoms with E-state index >= 15 is 0 Å². The molecule has 5 heteroatoms. The van der Waals surface area contributed by atoms with Crippen LogP contribution < -0.4 is 5.32 Å². The molecule has 1 aliphatic rings. The van der Waals surface area contributed by atoms with Crippen LogP contribution in [0.1, 0.15) is 51.7 Å². The molecule has 0 aromatic heterocycles. The molecule has 0 aliphatic carbocycles. The fraction of sp³-hybridized carbons (Fsp3) is 0.550. The average molecular weight is 341 g/mol. The first-order chi connectivity index (χ1) is 11.8. The minimum atomic E-state index is -0.712. The number of likely N-dealkylation sites (tertiary alicyclic amines) is 1. The molecule has 25 heavy (non-hydrogen) atoms. The van der Waals surface area contributed by atoms with Crippen LogP contribution in [0.5, 0.6) is 0 Å². The molecule has 134 valence electrons. The number of nitrogens with one attached hydrogen (secondary N) is 1. The van der Waals surface area contributed by atoms with Crippen molar-refractivity contribution in [2.24, 2.45) is 5.92 Å². The van der Waals surface area contributed by atoms with E-state index in [1.807, 2.05) is 44.7 Å². The smallest absolute Gasteiger partial charge is 0.232 e. The maximum Gasteiger partial charge on any atom is 0.232 e. The Labute approximate surface area is 150 Å². The minimum absolute atomic E-state index is 0.00819. The van der Waals surface area contributed by atoms with Crippen LogP contribution in [0.2, 0.25) is 0 Å². The third-order valence-electron chi connectivity index (χ3n) is 4.83. The largest absolute Gasteiger partial charge is 0.351 e. The summed E-state index contributed by atoms with van der Waals surface area (Å²) in [5.41, 5.74) is 0.681. The van der Waals surface area contributed by atoms with Gasteiger partial charge in [-0.25, -0.2) is 0 Å². The number of amides is 2. The van der Waals surface area contributed by atoms with Crippen molar-refractivity contribution in [3.63, 3.8) is 0 Å². The molecule has 1 fully saturated rings. The lowest BCUT2D eigenvalue weighted by molar-refractivity contribution is -0.138. The van der Waals surface area contributed by atoms with Crippen LogP contribution in [0.4, 0.5) is 0 Å². The highest BCUT2D eigenvalue weighted by molar-refractivity contribution is 5.87. The second kappa shape index (κ2) is 7.69. The summed E-state index contributed by atoms with van der Waals surface area (Å²) in [5, 5.41) is 12.1. The first kappa shape index (κ1) is 19.0. The molecule has 0 saturated carbocycles. The number of nitrogens with zero attached hydrogens (tertiary/aromatic N) is 2. The molecule has 1 heterocycles. The van der Waals surface area contributed by atoms with E-state index in [0.29, 0.717) is 18.7 Å². The highest BCUT2D eigenvalue weighted by atomic mass is 16.2. The molecule has 1 N–H and O–H groups in total. The predicted molar refractivity (Wildman–Crippen MR) is 96.8 cm³/mol. The summed E-state index contributed by atoms with van der Waals surface area (Å²) in [6.45, 7) is 8.76. The van der Waals surface area contributed by atoms with E-state index in [0.717, 1.165) is 18.4 Å². The molecule has 0 spiro atoms. The van der Waals surface area contributed by atoms with Gasteiger partial charge in [-0.2, -0.15) is 5.26 Å². The van der Waals surface area contributed by atoms with Gasteiger partial charge in [0.25, 0.3) is 0 Å². The van der Waals surface area contributed by atoms with Crippen LogP contribution in [0.15, 0.2) is 24.3 Å². The van der Waals surface area contributed by atoms with E-state index in [1.165, 1.54) is 0 Å². The summed E-state index contributed by atoms with van der Waals surface area (Å²) in [5.74, 6) is 0.00241. The first-order valence-electron chi connectivity index (χ1n) is 8.86. The molecule has 1 unspecified atom stereocenters.